The molecule has 1 aromatic rings. The molecule has 2 aliphatic rings. The maximum atomic E-state index is 14.9. The van der Waals surface area contributed by atoms with Crippen molar-refractivity contribution in [3.8, 4) is 6.07 Å². The van der Waals surface area contributed by atoms with E-state index in [9.17, 15) is 18.8 Å². The monoisotopic (exact) mass is 589 g/mol. The zero-order chi connectivity index (χ0) is 31.9. The van der Waals surface area contributed by atoms with E-state index in [-0.39, 0.29) is 29.2 Å². The van der Waals surface area contributed by atoms with Gasteiger partial charge in [-0.25, -0.2) is 13.6 Å². The molecule has 1 aromatic heterocycles. The third kappa shape index (κ3) is 8.19. The lowest BCUT2D eigenvalue weighted by atomic mass is 9.82. The van der Waals surface area contributed by atoms with Gasteiger partial charge in [0.15, 0.2) is 0 Å². The minimum Gasteiger partial charge on any atom is -0.443 e. The lowest BCUT2D eigenvalue weighted by Gasteiger charge is -2.41. The number of halogens is 2. The molecule has 0 N–H and O–H groups in total. The summed E-state index contributed by atoms with van der Waals surface area (Å²) < 4.78 is 35.7. The van der Waals surface area contributed by atoms with Crippen molar-refractivity contribution in [1.82, 2.24) is 9.88 Å². The molecule has 1 aliphatic heterocycles. The molecule has 0 radical (unpaired) electrons. The van der Waals surface area contributed by atoms with E-state index in [0.29, 0.717) is 41.8 Å². The van der Waals surface area contributed by atoms with Crippen LogP contribution in [0.1, 0.15) is 82.2 Å². The first-order valence-corrected chi connectivity index (χ1v) is 15.1. The lowest BCUT2D eigenvalue weighted by molar-refractivity contribution is -0.0525. The topological polar surface area (TPSA) is 66.2 Å². The van der Waals surface area contributed by atoms with E-state index in [1.807, 2.05) is 39.5 Å². The third-order valence-corrected chi connectivity index (χ3v) is 8.56. The maximum absolute atomic E-state index is 14.9. The van der Waals surface area contributed by atoms with Crippen LogP contribution in [0.4, 0.5) is 13.6 Å². The van der Waals surface area contributed by atoms with Gasteiger partial charge in [-0.1, -0.05) is 51.3 Å². The number of aryl methyl sites for hydroxylation is 2. The maximum Gasteiger partial charge on any atom is 0.410 e. The summed E-state index contributed by atoms with van der Waals surface area (Å²) in [5.74, 6) is -0.465. The van der Waals surface area contributed by atoms with Crippen LogP contribution in [0.3, 0.4) is 0 Å². The molecule has 1 unspecified atom stereocenters. The molecule has 0 aromatic carbocycles. The highest BCUT2D eigenvalue weighted by molar-refractivity contribution is 5.84. The zero-order valence-corrected chi connectivity index (χ0v) is 26.4. The van der Waals surface area contributed by atoms with Crippen LogP contribution in [-0.2, 0) is 4.74 Å². The van der Waals surface area contributed by atoms with E-state index in [1.165, 1.54) is 6.08 Å². The van der Waals surface area contributed by atoms with Gasteiger partial charge in [0.25, 0.3) is 6.43 Å². The van der Waals surface area contributed by atoms with Gasteiger partial charge < -0.3 is 9.64 Å². The van der Waals surface area contributed by atoms with Crippen molar-refractivity contribution in [2.24, 2.45) is 11.8 Å². The van der Waals surface area contributed by atoms with Crippen LogP contribution in [-0.4, -0.2) is 40.6 Å². The number of hydrogen-bond acceptors (Lipinski definition) is 4. The summed E-state index contributed by atoms with van der Waals surface area (Å²) in [4.78, 5) is 19.5. The van der Waals surface area contributed by atoms with Gasteiger partial charge in [0.05, 0.1) is 11.6 Å². The molecule has 0 saturated heterocycles. The normalized spacial score (nSPS) is 23.2. The average molecular weight is 590 g/mol. The van der Waals surface area contributed by atoms with E-state index in [0.717, 1.165) is 36.0 Å². The highest BCUT2D eigenvalue weighted by Gasteiger charge is 2.38. The molecular weight excluding hydrogens is 544 g/mol. The Hall–Kier alpha value is -3.79. The predicted molar refractivity (Wildman–Crippen MR) is 170 cm³/mol. The molecule has 3 rings (SSSR count). The number of alkyl halides is 2. The summed E-state index contributed by atoms with van der Waals surface area (Å²) >= 11 is 0. The fourth-order valence-electron chi connectivity index (χ4n) is 5.90. The van der Waals surface area contributed by atoms with E-state index < -0.39 is 12.3 Å². The van der Waals surface area contributed by atoms with Crippen molar-refractivity contribution in [2.45, 2.75) is 91.7 Å². The minimum atomic E-state index is -2.75. The van der Waals surface area contributed by atoms with Crippen LogP contribution in [0.15, 0.2) is 67.0 Å². The van der Waals surface area contributed by atoms with Crippen molar-refractivity contribution in [1.29, 1.82) is 5.26 Å². The second kappa shape index (κ2) is 14.6. The third-order valence-electron chi connectivity index (χ3n) is 8.56. The lowest BCUT2D eigenvalue weighted by Crippen LogP contribution is -2.48. The number of carbonyl (C=O) groups is 1. The number of aromatic nitrogens is 1. The number of carbonyl (C=O) groups excluding carboxylic acids is 1. The van der Waals surface area contributed by atoms with Gasteiger partial charge in [0, 0.05) is 35.6 Å². The molecule has 0 spiro atoms. The number of rotatable bonds is 9. The highest BCUT2D eigenvalue weighted by Crippen LogP contribution is 2.39. The number of ether oxygens (including phenoxy) is 1. The molecule has 1 aliphatic carbocycles. The van der Waals surface area contributed by atoms with Crippen LogP contribution in [0.2, 0.25) is 0 Å². The van der Waals surface area contributed by atoms with Crippen LogP contribution < -0.4 is 0 Å². The fourth-order valence-corrected chi connectivity index (χ4v) is 5.90. The zero-order valence-electron chi connectivity index (χ0n) is 26.4. The van der Waals surface area contributed by atoms with Crippen LogP contribution in [0.5, 0.6) is 0 Å². The first kappa shape index (κ1) is 33.7. The molecular formula is C36H45F2N3O2. The predicted octanol–water partition coefficient (Wildman–Crippen LogP) is 9.31. The summed E-state index contributed by atoms with van der Waals surface area (Å²) in [5.41, 5.74) is 4.07. The Balaban J connectivity index is 2.05. The Morgan fingerprint density at radius 2 is 1.98 bits per heavy atom. The number of nitriles is 1. The Bertz CT molecular complexity index is 1390. The van der Waals surface area contributed by atoms with Gasteiger partial charge in [0.1, 0.15) is 5.60 Å². The number of hydrogen-bond donors (Lipinski definition) is 0. The molecule has 7 heteroatoms. The molecule has 230 valence electrons. The van der Waals surface area contributed by atoms with Crippen LogP contribution in [0, 0.1) is 37.0 Å². The highest BCUT2D eigenvalue weighted by atomic mass is 19.3. The quantitative estimate of drug-likeness (QED) is 0.213. The SMILES string of the molecule is C=C/C=C(C#N)\C=C(/C=C)C(C)/C=C(\c1c(C)ncc(C)c1/C1=C\[C@@H](C)CN(C(=O)OC2(C)CCC2)[C@H](C)CC1)C(F)F. The summed E-state index contributed by atoms with van der Waals surface area (Å²) in [6, 6.07) is 2.02. The van der Waals surface area contributed by atoms with E-state index in [4.69, 9.17) is 4.74 Å². The molecule has 2 heterocycles. The van der Waals surface area contributed by atoms with Gasteiger partial charge in [0.2, 0.25) is 0 Å². The van der Waals surface area contributed by atoms with E-state index >= 15 is 0 Å². The van der Waals surface area contributed by atoms with E-state index in [2.05, 4.69) is 30.3 Å². The fraction of sp³-hybridized carbons (Fsp3) is 0.472. The number of allylic oxidation sites excluding steroid dienone is 9. The Kier molecular flexibility index (Phi) is 11.4. The average Bonchev–Trinajstić information content (AvgIpc) is 2.94. The molecule has 0 bridgehead atoms. The van der Waals surface area contributed by atoms with Crippen molar-refractivity contribution < 1.29 is 18.3 Å². The largest absolute Gasteiger partial charge is 0.443 e. The summed E-state index contributed by atoms with van der Waals surface area (Å²) in [5, 5.41) is 9.45. The molecule has 1 saturated carbocycles. The number of amides is 1. The standard InChI is InChI=1S/C36H45F2N3O2/c1-9-12-28(20-39)19-29(10-2)24(4)18-31(34(37)38)33-27(7)40-21-25(5)32(33)30-14-13-26(6)41(22-23(3)17-30)35(42)43-36(8)15-11-16-36/h9-10,12,17-19,21,23-24,26,34H,1-2,11,13-16,22H2,3-8H3/b28-12+,29-19+,30-17-,31-18+/t23-,24?,26-/m1/s1. The molecule has 3 atom stereocenters. The van der Waals surface area contributed by atoms with Gasteiger partial charge in [-0.2, -0.15) is 5.26 Å². The Morgan fingerprint density at radius 3 is 2.53 bits per heavy atom. The smallest absolute Gasteiger partial charge is 0.410 e. The number of nitrogens with zero attached hydrogens (tertiary/aromatic N) is 3. The number of pyridine rings is 1. The van der Waals surface area contributed by atoms with Gasteiger partial charge in [-0.15, -0.1) is 0 Å². The Morgan fingerprint density at radius 1 is 1.28 bits per heavy atom. The first-order valence-electron chi connectivity index (χ1n) is 15.1. The summed E-state index contributed by atoms with van der Waals surface area (Å²) in [6.07, 6.45) is 12.8. The first-order chi connectivity index (χ1) is 20.3. The molecule has 1 amide bonds. The van der Waals surface area contributed by atoms with Crippen molar-refractivity contribution in [3.05, 3.63) is 89.3 Å². The summed E-state index contributed by atoms with van der Waals surface area (Å²) in [7, 11) is 0. The van der Waals surface area contributed by atoms with Crippen molar-refractivity contribution in [2.75, 3.05) is 6.54 Å². The van der Waals surface area contributed by atoms with Crippen LogP contribution in [0.25, 0.3) is 11.1 Å². The summed E-state index contributed by atoms with van der Waals surface area (Å²) in [6.45, 7) is 19.5. The molecule has 5 nitrogen and oxygen atoms in total. The van der Waals surface area contributed by atoms with Crippen LogP contribution >= 0.6 is 0 Å². The van der Waals surface area contributed by atoms with E-state index in [1.54, 1.807) is 37.4 Å². The minimum absolute atomic E-state index is 0.0190. The molecule has 1 fully saturated rings. The molecule has 43 heavy (non-hydrogen) atoms. The van der Waals surface area contributed by atoms with Gasteiger partial charge in [-0.05, 0) is 106 Å². The van der Waals surface area contributed by atoms with Gasteiger partial charge in [-0.3, -0.25) is 4.98 Å². The second-order valence-corrected chi connectivity index (χ2v) is 12.2. The second-order valence-electron chi connectivity index (χ2n) is 12.2. The Labute approximate surface area is 256 Å². The van der Waals surface area contributed by atoms with Crippen molar-refractivity contribution >= 4 is 17.2 Å². The van der Waals surface area contributed by atoms with Gasteiger partial charge >= 0.3 is 6.09 Å². The van der Waals surface area contributed by atoms with Crippen molar-refractivity contribution in [3.63, 3.8) is 0 Å².